The Morgan fingerprint density at radius 2 is 1.62 bits per heavy atom. The van der Waals surface area contributed by atoms with E-state index in [9.17, 15) is 4.79 Å². The van der Waals surface area contributed by atoms with Crippen LogP contribution < -0.4 is 19.5 Å². The molecule has 0 aromatic heterocycles. The topological polar surface area (TPSA) is 56.8 Å². The van der Waals surface area contributed by atoms with E-state index < -0.39 is 6.10 Å². The van der Waals surface area contributed by atoms with Crippen LogP contribution in [0.25, 0.3) is 0 Å². The second-order valence-electron chi connectivity index (χ2n) is 5.64. The van der Waals surface area contributed by atoms with Crippen molar-refractivity contribution in [3.8, 4) is 17.2 Å². The Kier molecular flexibility index (Phi) is 5.68. The number of nitrogens with one attached hydrogen (secondary N) is 1. The molecule has 0 radical (unpaired) electrons. The maximum atomic E-state index is 12.4. The molecule has 2 aromatic rings. The number of amides is 1. The molecule has 128 valence electrons. The first-order valence-electron chi connectivity index (χ1n) is 7.70. The van der Waals surface area contributed by atoms with Gasteiger partial charge < -0.3 is 19.5 Å². The maximum Gasteiger partial charge on any atom is 0.265 e. The second kappa shape index (κ2) is 7.73. The molecule has 0 bridgehead atoms. The summed E-state index contributed by atoms with van der Waals surface area (Å²) in [6.07, 6.45) is -0.651. The van der Waals surface area contributed by atoms with E-state index in [4.69, 9.17) is 14.2 Å². The average Bonchev–Trinajstić information content (AvgIpc) is 2.53. The van der Waals surface area contributed by atoms with Crippen molar-refractivity contribution in [2.24, 2.45) is 0 Å². The summed E-state index contributed by atoms with van der Waals surface area (Å²) in [7, 11) is 3.12. The van der Waals surface area contributed by atoms with Gasteiger partial charge in [0.2, 0.25) is 0 Å². The number of anilines is 1. The molecule has 5 nitrogen and oxygen atoms in total. The molecule has 1 N–H and O–H groups in total. The highest BCUT2D eigenvalue weighted by Crippen LogP contribution is 2.29. The van der Waals surface area contributed by atoms with Gasteiger partial charge in [0.15, 0.2) is 6.10 Å². The minimum Gasteiger partial charge on any atom is -0.497 e. The Hall–Kier alpha value is -2.69. The van der Waals surface area contributed by atoms with Crippen molar-refractivity contribution >= 4 is 11.6 Å². The minimum atomic E-state index is -0.651. The van der Waals surface area contributed by atoms with Gasteiger partial charge in [0.05, 0.1) is 19.9 Å². The number of methoxy groups -OCH3 is 2. The lowest BCUT2D eigenvalue weighted by molar-refractivity contribution is -0.122. The van der Waals surface area contributed by atoms with Gasteiger partial charge in [-0.15, -0.1) is 0 Å². The molecule has 1 atom stereocenters. The Morgan fingerprint density at radius 3 is 2.21 bits per heavy atom. The molecule has 0 saturated carbocycles. The fourth-order valence-electron chi connectivity index (χ4n) is 2.40. The highest BCUT2D eigenvalue weighted by molar-refractivity contribution is 5.95. The Balaban J connectivity index is 2.11. The molecule has 0 aliphatic heterocycles. The van der Waals surface area contributed by atoms with E-state index in [1.54, 1.807) is 39.3 Å². The standard InChI is InChI=1S/C19H23NO4/c1-12-8-13(2)10-16(9-12)24-14(3)19(21)20-17-11-15(22-4)6-7-18(17)23-5/h6-11,14H,1-5H3,(H,20,21). The predicted octanol–water partition coefficient (Wildman–Crippen LogP) is 3.73. The first-order chi connectivity index (χ1) is 11.4. The summed E-state index contributed by atoms with van der Waals surface area (Å²) in [6, 6.07) is 11.1. The molecule has 0 aliphatic rings. The molecular formula is C19H23NO4. The van der Waals surface area contributed by atoms with Crippen molar-refractivity contribution in [1.82, 2.24) is 0 Å². The van der Waals surface area contributed by atoms with Crippen LogP contribution in [0.2, 0.25) is 0 Å². The van der Waals surface area contributed by atoms with Gasteiger partial charge in [-0.25, -0.2) is 0 Å². The number of benzene rings is 2. The molecule has 0 aliphatic carbocycles. The summed E-state index contributed by atoms with van der Waals surface area (Å²) < 4.78 is 16.2. The fourth-order valence-corrected chi connectivity index (χ4v) is 2.40. The van der Waals surface area contributed by atoms with Crippen LogP contribution in [0.15, 0.2) is 36.4 Å². The monoisotopic (exact) mass is 329 g/mol. The van der Waals surface area contributed by atoms with Crippen LogP contribution in [0.4, 0.5) is 5.69 Å². The molecule has 2 aromatic carbocycles. The van der Waals surface area contributed by atoms with Gasteiger partial charge in [0.25, 0.3) is 5.91 Å². The van der Waals surface area contributed by atoms with Gasteiger partial charge in [-0.3, -0.25) is 4.79 Å². The Labute approximate surface area is 142 Å². The Morgan fingerprint density at radius 1 is 0.958 bits per heavy atom. The molecule has 2 rings (SSSR count). The van der Waals surface area contributed by atoms with E-state index in [2.05, 4.69) is 11.4 Å². The quantitative estimate of drug-likeness (QED) is 0.877. The van der Waals surface area contributed by atoms with E-state index in [0.717, 1.165) is 11.1 Å². The van der Waals surface area contributed by atoms with E-state index >= 15 is 0 Å². The number of carbonyl (C=O) groups excluding carboxylic acids is 1. The lowest BCUT2D eigenvalue weighted by Gasteiger charge is -2.17. The normalized spacial score (nSPS) is 11.5. The molecule has 0 heterocycles. The van der Waals surface area contributed by atoms with Crippen LogP contribution in [0.1, 0.15) is 18.1 Å². The van der Waals surface area contributed by atoms with Crippen molar-refractivity contribution in [2.75, 3.05) is 19.5 Å². The smallest absolute Gasteiger partial charge is 0.265 e. The SMILES string of the molecule is COc1ccc(OC)c(NC(=O)C(C)Oc2cc(C)cc(C)c2)c1. The molecule has 0 spiro atoms. The van der Waals surface area contributed by atoms with E-state index in [-0.39, 0.29) is 5.91 Å². The Bertz CT molecular complexity index is 707. The van der Waals surface area contributed by atoms with Crippen LogP contribution in [-0.2, 0) is 4.79 Å². The summed E-state index contributed by atoms with van der Waals surface area (Å²) in [5, 5.41) is 2.82. The summed E-state index contributed by atoms with van der Waals surface area (Å²) in [6.45, 7) is 5.69. The highest BCUT2D eigenvalue weighted by atomic mass is 16.5. The van der Waals surface area contributed by atoms with Crippen LogP contribution in [0.3, 0.4) is 0 Å². The number of hydrogen-bond donors (Lipinski definition) is 1. The van der Waals surface area contributed by atoms with Crippen LogP contribution >= 0.6 is 0 Å². The lowest BCUT2D eigenvalue weighted by Crippen LogP contribution is -2.30. The number of aryl methyl sites for hydroxylation is 2. The number of ether oxygens (including phenoxy) is 3. The predicted molar refractivity (Wildman–Crippen MR) is 94.2 cm³/mol. The first kappa shape index (κ1) is 17.7. The van der Waals surface area contributed by atoms with E-state index in [1.165, 1.54) is 0 Å². The third-order valence-corrected chi connectivity index (χ3v) is 3.54. The van der Waals surface area contributed by atoms with Crippen molar-refractivity contribution < 1.29 is 19.0 Å². The third-order valence-electron chi connectivity index (χ3n) is 3.54. The lowest BCUT2D eigenvalue weighted by atomic mass is 10.1. The van der Waals surface area contributed by atoms with Crippen molar-refractivity contribution in [1.29, 1.82) is 0 Å². The maximum absolute atomic E-state index is 12.4. The van der Waals surface area contributed by atoms with Gasteiger partial charge in [0.1, 0.15) is 17.2 Å². The van der Waals surface area contributed by atoms with Crippen LogP contribution in [0.5, 0.6) is 17.2 Å². The first-order valence-corrected chi connectivity index (χ1v) is 7.70. The number of carbonyl (C=O) groups is 1. The zero-order chi connectivity index (χ0) is 17.7. The molecule has 24 heavy (non-hydrogen) atoms. The highest BCUT2D eigenvalue weighted by Gasteiger charge is 2.17. The average molecular weight is 329 g/mol. The summed E-state index contributed by atoms with van der Waals surface area (Å²) in [5.74, 6) is 1.60. The minimum absolute atomic E-state index is 0.263. The molecule has 1 amide bonds. The molecule has 0 fully saturated rings. The van der Waals surface area contributed by atoms with Crippen molar-refractivity contribution in [2.45, 2.75) is 26.9 Å². The van der Waals surface area contributed by atoms with Crippen LogP contribution in [-0.4, -0.2) is 26.2 Å². The van der Waals surface area contributed by atoms with Gasteiger partial charge in [0, 0.05) is 6.07 Å². The summed E-state index contributed by atoms with van der Waals surface area (Å²) >= 11 is 0. The van der Waals surface area contributed by atoms with Crippen molar-refractivity contribution in [3.63, 3.8) is 0 Å². The number of rotatable bonds is 6. The van der Waals surface area contributed by atoms with Gasteiger partial charge in [-0.2, -0.15) is 0 Å². The summed E-state index contributed by atoms with van der Waals surface area (Å²) in [4.78, 5) is 12.4. The molecule has 5 heteroatoms. The third kappa shape index (κ3) is 4.41. The largest absolute Gasteiger partial charge is 0.497 e. The van der Waals surface area contributed by atoms with Gasteiger partial charge >= 0.3 is 0 Å². The fraction of sp³-hybridized carbons (Fsp3) is 0.316. The van der Waals surface area contributed by atoms with E-state index in [0.29, 0.717) is 22.9 Å². The van der Waals surface area contributed by atoms with Crippen LogP contribution in [0, 0.1) is 13.8 Å². The number of hydrogen-bond acceptors (Lipinski definition) is 4. The zero-order valence-corrected chi connectivity index (χ0v) is 14.7. The molecular weight excluding hydrogens is 306 g/mol. The van der Waals surface area contributed by atoms with Crippen molar-refractivity contribution in [3.05, 3.63) is 47.5 Å². The van der Waals surface area contributed by atoms with Gasteiger partial charge in [-0.05, 0) is 56.2 Å². The summed E-state index contributed by atoms with van der Waals surface area (Å²) in [5.41, 5.74) is 2.72. The molecule has 1 unspecified atom stereocenters. The van der Waals surface area contributed by atoms with Gasteiger partial charge in [-0.1, -0.05) is 6.07 Å². The molecule has 0 saturated heterocycles. The van der Waals surface area contributed by atoms with E-state index in [1.807, 2.05) is 26.0 Å². The second-order valence-corrected chi connectivity index (χ2v) is 5.64. The zero-order valence-electron chi connectivity index (χ0n) is 14.7.